The van der Waals surface area contributed by atoms with Gasteiger partial charge in [-0.15, -0.1) is 0 Å². The Hall–Kier alpha value is -0.260. The van der Waals surface area contributed by atoms with Crippen LogP contribution in [-0.4, -0.2) is 49.8 Å². The van der Waals surface area contributed by atoms with Gasteiger partial charge in [0.1, 0.15) is 0 Å². The van der Waals surface area contributed by atoms with E-state index in [0.717, 1.165) is 31.1 Å². The molecule has 100 valence electrons. The number of ether oxygens (including phenoxy) is 1. The van der Waals surface area contributed by atoms with Crippen LogP contribution in [0.15, 0.2) is 0 Å². The topological polar surface area (TPSA) is 50.4 Å². The quantitative estimate of drug-likeness (QED) is 0.667. The molecule has 0 aromatic heterocycles. The number of thioether (sulfide) groups is 1. The minimum atomic E-state index is -0.0237. The van der Waals surface area contributed by atoms with Gasteiger partial charge in [-0.1, -0.05) is 13.8 Å². The third-order valence-corrected chi connectivity index (χ3v) is 3.69. The van der Waals surface area contributed by atoms with Crippen molar-refractivity contribution in [3.8, 4) is 0 Å². The van der Waals surface area contributed by atoms with Crippen LogP contribution in [0.25, 0.3) is 0 Å². The number of nitrogens with one attached hydrogen (secondary N) is 2. The number of amides is 1. The maximum Gasteiger partial charge on any atom is 0.238 e. The molecule has 0 aromatic carbocycles. The van der Waals surface area contributed by atoms with Crippen LogP contribution in [-0.2, 0) is 9.53 Å². The fourth-order valence-corrected chi connectivity index (χ4v) is 2.46. The van der Waals surface area contributed by atoms with Gasteiger partial charge in [0.05, 0.1) is 12.6 Å². The molecule has 5 heteroatoms. The van der Waals surface area contributed by atoms with Crippen molar-refractivity contribution in [3.05, 3.63) is 0 Å². The van der Waals surface area contributed by atoms with E-state index in [1.807, 2.05) is 11.8 Å². The molecule has 1 atom stereocenters. The Morgan fingerprint density at radius 2 is 2.35 bits per heavy atom. The van der Waals surface area contributed by atoms with Gasteiger partial charge in [-0.2, -0.15) is 11.8 Å². The Labute approximate surface area is 108 Å². The SMILES string of the molecule is CC(C)CCOCCNC(=O)C1CSCCN1. The Morgan fingerprint density at radius 1 is 1.53 bits per heavy atom. The molecule has 4 nitrogen and oxygen atoms in total. The molecule has 0 saturated carbocycles. The van der Waals surface area contributed by atoms with E-state index in [1.165, 1.54) is 0 Å². The second-order valence-electron chi connectivity index (χ2n) is 4.67. The third-order valence-electron chi connectivity index (χ3n) is 2.62. The largest absolute Gasteiger partial charge is 0.380 e. The molecular formula is C12H24N2O2S. The van der Waals surface area contributed by atoms with E-state index in [0.29, 0.717) is 19.1 Å². The lowest BCUT2D eigenvalue weighted by atomic mass is 10.1. The molecule has 0 radical (unpaired) electrons. The molecule has 1 heterocycles. The first-order chi connectivity index (χ1) is 8.20. The highest BCUT2D eigenvalue weighted by Crippen LogP contribution is 2.07. The van der Waals surface area contributed by atoms with Crippen LogP contribution in [0.3, 0.4) is 0 Å². The van der Waals surface area contributed by atoms with Gasteiger partial charge in [-0.05, 0) is 12.3 Å². The molecule has 1 fully saturated rings. The van der Waals surface area contributed by atoms with Crippen LogP contribution >= 0.6 is 11.8 Å². The molecule has 1 amide bonds. The van der Waals surface area contributed by atoms with E-state index in [1.54, 1.807) is 0 Å². The first-order valence-corrected chi connectivity index (χ1v) is 7.52. The predicted molar refractivity (Wildman–Crippen MR) is 72.4 cm³/mol. The van der Waals surface area contributed by atoms with Gasteiger partial charge >= 0.3 is 0 Å². The van der Waals surface area contributed by atoms with Gasteiger partial charge < -0.3 is 15.4 Å². The standard InChI is InChI=1S/C12H24N2O2S/c1-10(2)3-6-16-7-4-14-12(15)11-9-17-8-5-13-11/h10-11,13H,3-9H2,1-2H3,(H,14,15). The molecular weight excluding hydrogens is 236 g/mol. The van der Waals surface area contributed by atoms with Gasteiger partial charge in [0.25, 0.3) is 0 Å². The van der Waals surface area contributed by atoms with Crippen molar-refractivity contribution in [3.63, 3.8) is 0 Å². The minimum absolute atomic E-state index is 0.0237. The first kappa shape index (κ1) is 14.8. The van der Waals surface area contributed by atoms with Gasteiger partial charge in [0.15, 0.2) is 0 Å². The molecule has 1 unspecified atom stereocenters. The normalized spacial score (nSPS) is 20.5. The zero-order valence-electron chi connectivity index (χ0n) is 10.8. The number of carbonyl (C=O) groups excluding carboxylic acids is 1. The first-order valence-electron chi connectivity index (χ1n) is 6.36. The summed E-state index contributed by atoms with van der Waals surface area (Å²) in [5.74, 6) is 2.75. The van der Waals surface area contributed by atoms with Crippen molar-refractivity contribution < 1.29 is 9.53 Å². The Morgan fingerprint density at radius 3 is 3.00 bits per heavy atom. The van der Waals surface area contributed by atoms with Crippen LogP contribution in [0, 0.1) is 5.92 Å². The van der Waals surface area contributed by atoms with Crippen molar-refractivity contribution in [2.45, 2.75) is 26.3 Å². The molecule has 1 aliphatic rings. The second-order valence-corrected chi connectivity index (χ2v) is 5.82. The monoisotopic (exact) mass is 260 g/mol. The highest BCUT2D eigenvalue weighted by Gasteiger charge is 2.19. The smallest absolute Gasteiger partial charge is 0.238 e. The maximum atomic E-state index is 11.7. The summed E-state index contributed by atoms with van der Waals surface area (Å²) in [5.41, 5.74) is 0. The van der Waals surface area contributed by atoms with Gasteiger partial charge in [0.2, 0.25) is 5.91 Å². The molecule has 2 N–H and O–H groups in total. The van der Waals surface area contributed by atoms with E-state index in [9.17, 15) is 4.79 Å². The summed E-state index contributed by atoms with van der Waals surface area (Å²) in [7, 11) is 0. The van der Waals surface area contributed by atoms with E-state index in [4.69, 9.17) is 4.74 Å². The lowest BCUT2D eigenvalue weighted by molar-refractivity contribution is -0.122. The number of hydrogen-bond donors (Lipinski definition) is 2. The predicted octanol–water partition coefficient (Wildman–Crippen LogP) is 0.870. The van der Waals surface area contributed by atoms with E-state index in [-0.39, 0.29) is 11.9 Å². The molecule has 17 heavy (non-hydrogen) atoms. The molecule has 1 rings (SSSR count). The van der Waals surface area contributed by atoms with Gasteiger partial charge in [-0.3, -0.25) is 4.79 Å². The number of rotatable bonds is 7. The highest BCUT2D eigenvalue weighted by molar-refractivity contribution is 7.99. The van der Waals surface area contributed by atoms with Crippen LogP contribution < -0.4 is 10.6 Å². The lowest BCUT2D eigenvalue weighted by Gasteiger charge is -2.22. The zero-order chi connectivity index (χ0) is 12.5. The van der Waals surface area contributed by atoms with E-state index in [2.05, 4.69) is 24.5 Å². The number of carbonyl (C=O) groups is 1. The summed E-state index contributed by atoms with van der Waals surface area (Å²) < 4.78 is 5.44. The summed E-state index contributed by atoms with van der Waals surface area (Å²) in [5, 5.41) is 6.11. The van der Waals surface area contributed by atoms with Crippen molar-refractivity contribution in [2.24, 2.45) is 5.92 Å². The minimum Gasteiger partial charge on any atom is -0.380 e. The van der Waals surface area contributed by atoms with E-state index >= 15 is 0 Å². The van der Waals surface area contributed by atoms with Gasteiger partial charge in [-0.25, -0.2) is 0 Å². The Kier molecular flexibility index (Phi) is 7.64. The fraction of sp³-hybridized carbons (Fsp3) is 0.917. The fourth-order valence-electron chi connectivity index (χ4n) is 1.52. The molecule has 0 bridgehead atoms. The summed E-state index contributed by atoms with van der Waals surface area (Å²) in [6.45, 7) is 7.28. The molecule has 0 spiro atoms. The summed E-state index contributed by atoms with van der Waals surface area (Å²) in [6, 6.07) is -0.0237. The molecule has 1 saturated heterocycles. The molecule has 0 aromatic rings. The zero-order valence-corrected chi connectivity index (χ0v) is 11.6. The highest BCUT2D eigenvalue weighted by atomic mass is 32.2. The average Bonchev–Trinajstić information content (AvgIpc) is 2.34. The average molecular weight is 260 g/mol. The Bertz CT molecular complexity index is 219. The van der Waals surface area contributed by atoms with Crippen molar-refractivity contribution in [2.75, 3.05) is 37.8 Å². The van der Waals surface area contributed by atoms with Crippen LogP contribution in [0.4, 0.5) is 0 Å². The molecule has 1 aliphatic heterocycles. The van der Waals surface area contributed by atoms with E-state index < -0.39 is 0 Å². The summed E-state index contributed by atoms with van der Waals surface area (Å²) >= 11 is 1.83. The summed E-state index contributed by atoms with van der Waals surface area (Å²) in [4.78, 5) is 11.7. The van der Waals surface area contributed by atoms with Crippen molar-refractivity contribution in [1.82, 2.24) is 10.6 Å². The maximum absolute atomic E-state index is 11.7. The summed E-state index contributed by atoms with van der Waals surface area (Å²) in [6.07, 6.45) is 1.08. The van der Waals surface area contributed by atoms with Crippen LogP contribution in [0.5, 0.6) is 0 Å². The third kappa shape index (κ3) is 6.91. The van der Waals surface area contributed by atoms with Crippen molar-refractivity contribution >= 4 is 17.7 Å². The van der Waals surface area contributed by atoms with Crippen LogP contribution in [0.1, 0.15) is 20.3 Å². The van der Waals surface area contributed by atoms with Crippen LogP contribution in [0.2, 0.25) is 0 Å². The van der Waals surface area contributed by atoms with Crippen molar-refractivity contribution in [1.29, 1.82) is 0 Å². The molecule has 0 aliphatic carbocycles. The number of hydrogen-bond acceptors (Lipinski definition) is 4. The lowest BCUT2D eigenvalue weighted by Crippen LogP contribution is -2.49. The Balaban J connectivity index is 1.96. The second kappa shape index (κ2) is 8.78. The van der Waals surface area contributed by atoms with Gasteiger partial charge in [0, 0.05) is 31.2 Å².